The molecule has 7 nitrogen and oxygen atoms in total. The first-order chi connectivity index (χ1) is 14.5. The van der Waals surface area contributed by atoms with E-state index in [1.165, 1.54) is 0 Å². The summed E-state index contributed by atoms with van der Waals surface area (Å²) in [6.07, 6.45) is 3.16. The average Bonchev–Trinajstić information content (AvgIpc) is 3.13. The smallest absolute Gasteiger partial charge is 0.251 e. The van der Waals surface area contributed by atoms with Crippen molar-refractivity contribution < 1.29 is 14.4 Å². The van der Waals surface area contributed by atoms with Gasteiger partial charge in [0.1, 0.15) is 0 Å². The van der Waals surface area contributed by atoms with E-state index in [2.05, 4.69) is 36.3 Å². The van der Waals surface area contributed by atoms with Crippen molar-refractivity contribution in [1.29, 1.82) is 0 Å². The Hall–Kier alpha value is -2.41. The SMILES string of the molecule is CCCCN1CC(C(=O)Nc2ccc(C(=O)NCCCN(CC)CC)cc2)CC1=O. The van der Waals surface area contributed by atoms with E-state index in [4.69, 9.17) is 0 Å². The number of likely N-dealkylation sites (tertiary alicyclic amines) is 1. The van der Waals surface area contributed by atoms with Crippen molar-refractivity contribution in [3.05, 3.63) is 29.8 Å². The summed E-state index contributed by atoms with van der Waals surface area (Å²) in [5.74, 6) is -0.518. The molecule has 2 N–H and O–H groups in total. The van der Waals surface area contributed by atoms with Crippen molar-refractivity contribution in [3.8, 4) is 0 Å². The summed E-state index contributed by atoms with van der Waals surface area (Å²) in [5.41, 5.74) is 1.20. The Labute approximate surface area is 180 Å². The molecule has 166 valence electrons. The second kappa shape index (κ2) is 12.3. The predicted octanol–water partition coefficient (Wildman–Crippen LogP) is 2.74. The van der Waals surface area contributed by atoms with Gasteiger partial charge in [-0.3, -0.25) is 14.4 Å². The molecule has 0 aliphatic carbocycles. The zero-order chi connectivity index (χ0) is 21.9. The highest BCUT2D eigenvalue weighted by atomic mass is 16.2. The molecule has 0 saturated carbocycles. The minimum absolute atomic E-state index is 0.0524. The van der Waals surface area contributed by atoms with Crippen molar-refractivity contribution in [3.63, 3.8) is 0 Å². The Kier molecular flexibility index (Phi) is 9.80. The second-order valence-corrected chi connectivity index (χ2v) is 7.80. The van der Waals surface area contributed by atoms with Crippen LogP contribution in [-0.4, -0.2) is 66.8 Å². The first-order valence-corrected chi connectivity index (χ1v) is 11.2. The molecule has 1 fully saturated rings. The van der Waals surface area contributed by atoms with E-state index in [1.807, 2.05) is 0 Å². The number of unbranched alkanes of at least 4 members (excludes halogenated alkanes) is 1. The van der Waals surface area contributed by atoms with Crippen molar-refractivity contribution in [1.82, 2.24) is 15.1 Å². The lowest BCUT2D eigenvalue weighted by Gasteiger charge is -2.17. The maximum absolute atomic E-state index is 12.5. The predicted molar refractivity (Wildman–Crippen MR) is 119 cm³/mol. The van der Waals surface area contributed by atoms with Crippen LogP contribution in [0, 0.1) is 5.92 Å². The minimum Gasteiger partial charge on any atom is -0.352 e. The molecule has 2 rings (SSSR count). The van der Waals surface area contributed by atoms with E-state index in [-0.39, 0.29) is 30.1 Å². The lowest BCUT2D eigenvalue weighted by molar-refractivity contribution is -0.128. The molecule has 1 saturated heterocycles. The molecule has 1 atom stereocenters. The third kappa shape index (κ3) is 7.13. The number of carbonyl (C=O) groups excluding carboxylic acids is 3. The van der Waals surface area contributed by atoms with E-state index in [0.29, 0.717) is 24.3 Å². The normalized spacial score (nSPS) is 16.2. The van der Waals surface area contributed by atoms with E-state index in [0.717, 1.165) is 45.4 Å². The summed E-state index contributed by atoms with van der Waals surface area (Å²) in [7, 11) is 0. The van der Waals surface area contributed by atoms with Gasteiger partial charge in [0.2, 0.25) is 11.8 Å². The third-order valence-corrected chi connectivity index (χ3v) is 5.61. The van der Waals surface area contributed by atoms with Gasteiger partial charge in [0.15, 0.2) is 0 Å². The molecule has 0 bridgehead atoms. The van der Waals surface area contributed by atoms with Gasteiger partial charge in [0.25, 0.3) is 5.91 Å². The Morgan fingerprint density at radius 3 is 2.43 bits per heavy atom. The third-order valence-electron chi connectivity index (χ3n) is 5.61. The Morgan fingerprint density at radius 2 is 1.80 bits per heavy atom. The van der Waals surface area contributed by atoms with Crippen LogP contribution in [0.5, 0.6) is 0 Å². The molecular formula is C23H36N4O3. The molecule has 1 aromatic carbocycles. The van der Waals surface area contributed by atoms with Crippen LogP contribution in [0.4, 0.5) is 5.69 Å². The summed E-state index contributed by atoms with van der Waals surface area (Å²) >= 11 is 0. The molecule has 0 aromatic heterocycles. The Balaban J connectivity index is 1.78. The topological polar surface area (TPSA) is 81.8 Å². The maximum atomic E-state index is 12.5. The van der Waals surface area contributed by atoms with E-state index in [1.54, 1.807) is 29.2 Å². The van der Waals surface area contributed by atoms with Crippen LogP contribution in [-0.2, 0) is 9.59 Å². The zero-order valence-corrected chi connectivity index (χ0v) is 18.6. The highest BCUT2D eigenvalue weighted by Gasteiger charge is 2.33. The largest absolute Gasteiger partial charge is 0.352 e. The van der Waals surface area contributed by atoms with Gasteiger partial charge in [-0.25, -0.2) is 0 Å². The molecule has 0 radical (unpaired) electrons. The molecule has 1 aromatic rings. The number of hydrogen-bond acceptors (Lipinski definition) is 4. The van der Waals surface area contributed by atoms with Crippen molar-refractivity contribution in [2.75, 3.05) is 44.6 Å². The Morgan fingerprint density at radius 1 is 1.10 bits per heavy atom. The first kappa shape index (κ1) is 23.9. The maximum Gasteiger partial charge on any atom is 0.251 e. The molecule has 1 aliphatic heterocycles. The number of rotatable bonds is 12. The Bertz CT molecular complexity index is 701. The van der Waals surface area contributed by atoms with Crippen LogP contribution in [0.25, 0.3) is 0 Å². The van der Waals surface area contributed by atoms with Gasteiger partial charge in [-0.2, -0.15) is 0 Å². The summed E-state index contributed by atoms with van der Waals surface area (Å²) in [6, 6.07) is 6.88. The molecule has 1 unspecified atom stereocenters. The van der Waals surface area contributed by atoms with Crippen LogP contribution < -0.4 is 10.6 Å². The van der Waals surface area contributed by atoms with Crippen LogP contribution in [0.15, 0.2) is 24.3 Å². The molecule has 30 heavy (non-hydrogen) atoms. The fourth-order valence-electron chi connectivity index (χ4n) is 3.61. The number of nitrogens with zero attached hydrogens (tertiary/aromatic N) is 2. The lowest BCUT2D eigenvalue weighted by atomic mass is 10.1. The number of amides is 3. The van der Waals surface area contributed by atoms with E-state index < -0.39 is 0 Å². The molecule has 7 heteroatoms. The van der Waals surface area contributed by atoms with Crippen LogP contribution >= 0.6 is 0 Å². The summed E-state index contributed by atoms with van der Waals surface area (Å²) < 4.78 is 0. The van der Waals surface area contributed by atoms with Crippen molar-refractivity contribution >= 4 is 23.4 Å². The number of carbonyl (C=O) groups is 3. The molecule has 1 heterocycles. The van der Waals surface area contributed by atoms with Gasteiger partial charge in [0, 0.05) is 37.3 Å². The highest BCUT2D eigenvalue weighted by Crippen LogP contribution is 2.20. The van der Waals surface area contributed by atoms with Crippen LogP contribution in [0.2, 0.25) is 0 Å². The molecule has 0 spiro atoms. The summed E-state index contributed by atoms with van der Waals surface area (Å²) in [6.45, 7) is 11.2. The summed E-state index contributed by atoms with van der Waals surface area (Å²) in [5, 5.41) is 5.81. The van der Waals surface area contributed by atoms with Crippen LogP contribution in [0.3, 0.4) is 0 Å². The molecule has 1 aliphatic rings. The monoisotopic (exact) mass is 416 g/mol. The fourth-order valence-corrected chi connectivity index (χ4v) is 3.61. The number of hydrogen-bond donors (Lipinski definition) is 2. The van der Waals surface area contributed by atoms with Gasteiger partial charge in [0.05, 0.1) is 5.92 Å². The zero-order valence-electron chi connectivity index (χ0n) is 18.6. The highest BCUT2D eigenvalue weighted by molar-refractivity contribution is 5.98. The quantitative estimate of drug-likeness (QED) is 0.514. The number of nitrogens with one attached hydrogen (secondary N) is 2. The second-order valence-electron chi connectivity index (χ2n) is 7.80. The van der Waals surface area contributed by atoms with Gasteiger partial charge in [-0.1, -0.05) is 27.2 Å². The lowest BCUT2D eigenvalue weighted by Crippen LogP contribution is -2.30. The van der Waals surface area contributed by atoms with Crippen molar-refractivity contribution in [2.45, 2.75) is 46.5 Å². The minimum atomic E-state index is -0.317. The fraction of sp³-hybridized carbons (Fsp3) is 0.609. The average molecular weight is 417 g/mol. The van der Waals surface area contributed by atoms with Gasteiger partial charge in [-0.15, -0.1) is 0 Å². The number of anilines is 1. The van der Waals surface area contributed by atoms with E-state index in [9.17, 15) is 14.4 Å². The van der Waals surface area contributed by atoms with Gasteiger partial charge in [-0.05, 0) is 56.7 Å². The summed E-state index contributed by atoms with van der Waals surface area (Å²) in [4.78, 5) is 40.9. The van der Waals surface area contributed by atoms with Gasteiger partial charge < -0.3 is 20.4 Å². The standard InChI is InChI=1S/C23H36N4O3/c1-4-7-15-27-17-19(16-21(27)28)23(30)25-20-11-9-18(10-12-20)22(29)24-13-8-14-26(5-2)6-3/h9-12,19H,4-8,13-17H2,1-3H3,(H,24,29)(H,25,30). The van der Waals surface area contributed by atoms with Crippen LogP contribution in [0.1, 0.15) is 56.8 Å². The molecular weight excluding hydrogens is 380 g/mol. The first-order valence-electron chi connectivity index (χ1n) is 11.2. The molecule has 3 amide bonds. The van der Waals surface area contributed by atoms with E-state index >= 15 is 0 Å². The van der Waals surface area contributed by atoms with Crippen molar-refractivity contribution in [2.24, 2.45) is 5.92 Å². The van der Waals surface area contributed by atoms with Gasteiger partial charge >= 0.3 is 0 Å². The number of benzene rings is 1.